The first-order valence-electron chi connectivity index (χ1n) is 6.50. The van der Waals surface area contributed by atoms with Crippen molar-refractivity contribution in [3.63, 3.8) is 0 Å². The number of rotatable bonds is 7. The molecular weight excluding hydrogens is 258 g/mol. The van der Waals surface area contributed by atoms with Crippen LogP contribution in [0.1, 0.15) is 36.2 Å². The fourth-order valence-electron chi connectivity index (χ4n) is 1.69. The van der Waals surface area contributed by atoms with Crippen LogP contribution in [0.15, 0.2) is 18.2 Å². The smallest absolute Gasteiger partial charge is 0.340 e. The van der Waals surface area contributed by atoms with Gasteiger partial charge >= 0.3 is 5.97 Å². The summed E-state index contributed by atoms with van der Waals surface area (Å²) in [6, 6.07) is 5.27. The first kappa shape index (κ1) is 16.5. The average Bonchev–Trinajstić information content (AvgIpc) is 2.43. The van der Waals surface area contributed by atoms with Gasteiger partial charge in [0.2, 0.25) is 0 Å². The number of esters is 1. The van der Waals surface area contributed by atoms with E-state index in [0.29, 0.717) is 24.5 Å². The van der Waals surface area contributed by atoms with E-state index in [2.05, 4.69) is 0 Å². The molecule has 20 heavy (non-hydrogen) atoms. The summed E-state index contributed by atoms with van der Waals surface area (Å²) < 4.78 is 15.7. The Morgan fingerprint density at radius 1 is 1.30 bits per heavy atom. The minimum atomic E-state index is -0.445. The Morgan fingerprint density at radius 2 is 2.00 bits per heavy atom. The standard InChI is InChI=1S/C15H23NO4/c1-15(2,19-4)8-9-20-10-11-6-5-7-12(16)13(11)14(17)18-3/h5-7H,8-10,16H2,1-4H3. The zero-order chi connectivity index (χ0) is 15.2. The molecule has 0 bridgehead atoms. The summed E-state index contributed by atoms with van der Waals surface area (Å²) in [5.41, 5.74) is 7.10. The van der Waals surface area contributed by atoms with E-state index in [9.17, 15) is 4.79 Å². The predicted octanol–water partition coefficient (Wildman–Crippen LogP) is 2.39. The molecule has 0 aliphatic rings. The number of hydrogen-bond donors (Lipinski definition) is 1. The highest BCUT2D eigenvalue weighted by Crippen LogP contribution is 2.20. The molecule has 0 aromatic heterocycles. The lowest BCUT2D eigenvalue weighted by Gasteiger charge is -2.22. The highest BCUT2D eigenvalue weighted by molar-refractivity contribution is 5.96. The number of nitrogen functional groups attached to an aromatic ring is 1. The molecule has 0 aliphatic heterocycles. The van der Waals surface area contributed by atoms with Crippen molar-refractivity contribution in [3.8, 4) is 0 Å². The van der Waals surface area contributed by atoms with Crippen molar-refractivity contribution in [1.82, 2.24) is 0 Å². The lowest BCUT2D eigenvalue weighted by molar-refractivity contribution is -0.0126. The lowest BCUT2D eigenvalue weighted by atomic mass is 10.1. The van der Waals surface area contributed by atoms with Gasteiger partial charge in [0.1, 0.15) is 0 Å². The lowest BCUT2D eigenvalue weighted by Crippen LogP contribution is -2.24. The maximum Gasteiger partial charge on any atom is 0.340 e. The monoisotopic (exact) mass is 281 g/mol. The molecule has 0 unspecified atom stereocenters. The van der Waals surface area contributed by atoms with Crippen LogP contribution in [0.3, 0.4) is 0 Å². The Labute approximate surface area is 120 Å². The van der Waals surface area contributed by atoms with Gasteiger partial charge in [0.05, 0.1) is 24.9 Å². The van der Waals surface area contributed by atoms with E-state index in [1.807, 2.05) is 19.9 Å². The van der Waals surface area contributed by atoms with Crippen LogP contribution in [0.5, 0.6) is 0 Å². The normalized spacial score (nSPS) is 11.4. The molecule has 112 valence electrons. The summed E-state index contributed by atoms with van der Waals surface area (Å²) in [5.74, 6) is -0.445. The minimum absolute atomic E-state index is 0.221. The number of carbonyl (C=O) groups is 1. The molecule has 0 saturated heterocycles. The second-order valence-electron chi connectivity index (χ2n) is 5.14. The molecule has 0 radical (unpaired) electrons. The summed E-state index contributed by atoms with van der Waals surface area (Å²) in [4.78, 5) is 11.7. The van der Waals surface area contributed by atoms with E-state index in [1.165, 1.54) is 7.11 Å². The van der Waals surface area contributed by atoms with Crippen LogP contribution >= 0.6 is 0 Å². The van der Waals surface area contributed by atoms with Gasteiger partial charge in [-0.15, -0.1) is 0 Å². The maximum atomic E-state index is 11.7. The van der Waals surface area contributed by atoms with Crippen LogP contribution in [0.4, 0.5) is 5.69 Å². The quantitative estimate of drug-likeness (QED) is 0.472. The van der Waals surface area contributed by atoms with Gasteiger partial charge in [0, 0.05) is 19.4 Å². The molecule has 0 atom stereocenters. The fourth-order valence-corrected chi connectivity index (χ4v) is 1.69. The summed E-state index contributed by atoms with van der Waals surface area (Å²) >= 11 is 0. The molecule has 2 N–H and O–H groups in total. The second-order valence-corrected chi connectivity index (χ2v) is 5.14. The number of methoxy groups -OCH3 is 2. The number of nitrogens with two attached hydrogens (primary N) is 1. The van der Waals surface area contributed by atoms with Gasteiger partial charge < -0.3 is 19.9 Å². The molecule has 0 aliphatic carbocycles. The van der Waals surface area contributed by atoms with E-state index in [0.717, 1.165) is 12.0 Å². The predicted molar refractivity (Wildman–Crippen MR) is 77.6 cm³/mol. The largest absolute Gasteiger partial charge is 0.465 e. The van der Waals surface area contributed by atoms with Gasteiger partial charge in [0.15, 0.2) is 0 Å². The maximum absolute atomic E-state index is 11.7. The van der Waals surface area contributed by atoms with Crippen LogP contribution in [0.2, 0.25) is 0 Å². The first-order valence-corrected chi connectivity index (χ1v) is 6.50. The molecule has 5 heteroatoms. The Morgan fingerprint density at radius 3 is 2.60 bits per heavy atom. The molecule has 1 aromatic rings. The third kappa shape index (κ3) is 4.51. The van der Waals surface area contributed by atoms with Gasteiger partial charge in [-0.3, -0.25) is 0 Å². The van der Waals surface area contributed by atoms with Crippen LogP contribution in [0, 0.1) is 0 Å². The van der Waals surface area contributed by atoms with E-state index in [1.54, 1.807) is 19.2 Å². The van der Waals surface area contributed by atoms with Gasteiger partial charge in [-0.05, 0) is 31.9 Å². The number of benzene rings is 1. The van der Waals surface area contributed by atoms with Crippen LogP contribution in [0.25, 0.3) is 0 Å². The van der Waals surface area contributed by atoms with E-state index < -0.39 is 5.97 Å². The van der Waals surface area contributed by atoms with E-state index in [-0.39, 0.29) is 5.60 Å². The summed E-state index contributed by atoms with van der Waals surface area (Å²) in [6.07, 6.45) is 0.763. The fraction of sp³-hybridized carbons (Fsp3) is 0.533. The highest BCUT2D eigenvalue weighted by Gasteiger charge is 2.17. The van der Waals surface area contributed by atoms with Crippen LogP contribution < -0.4 is 5.73 Å². The number of ether oxygens (including phenoxy) is 3. The molecule has 0 spiro atoms. The third-order valence-electron chi connectivity index (χ3n) is 3.23. The summed E-state index contributed by atoms with van der Waals surface area (Å²) in [5, 5.41) is 0. The van der Waals surface area contributed by atoms with Crippen LogP contribution in [-0.2, 0) is 20.8 Å². The SMILES string of the molecule is COC(=O)c1c(N)cccc1COCCC(C)(C)OC. The van der Waals surface area contributed by atoms with Gasteiger partial charge in [0.25, 0.3) is 0 Å². The summed E-state index contributed by atoms with van der Waals surface area (Å²) in [6.45, 7) is 4.85. The van der Waals surface area contributed by atoms with Crippen molar-refractivity contribution in [2.45, 2.75) is 32.5 Å². The number of hydrogen-bond acceptors (Lipinski definition) is 5. The first-order chi connectivity index (χ1) is 9.41. The highest BCUT2D eigenvalue weighted by atomic mass is 16.5. The number of carbonyl (C=O) groups excluding carboxylic acids is 1. The van der Waals surface area contributed by atoms with Crippen molar-refractivity contribution in [1.29, 1.82) is 0 Å². The Kier molecular flexibility index (Phi) is 5.98. The third-order valence-corrected chi connectivity index (χ3v) is 3.23. The summed E-state index contributed by atoms with van der Waals surface area (Å²) in [7, 11) is 3.01. The van der Waals surface area contributed by atoms with Gasteiger partial charge in [-0.2, -0.15) is 0 Å². The van der Waals surface area contributed by atoms with Crippen LogP contribution in [-0.4, -0.2) is 32.4 Å². The van der Waals surface area contributed by atoms with Gasteiger partial charge in [-0.1, -0.05) is 12.1 Å². The molecule has 5 nitrogen and oxygen atoms in total. The van der Waals surface area contributed by atoms with E-state index >= 15 is 0 Å². The second kappa shape index (κ2) is 7.26. The number of anilines is 1. The van der Waals surface area contributed by atoms with Gasteiger partial charge in [-0.25, -0.2) is 4.79 Å². The van der Waals surface area contributed by atoms with Crippen molar-refractivity contribution in [3.05, 3.63) is 29.3 Å². The zero-order valence-electron chi connectivity index (χ0n) is 12.6. The Hall–Kier alpha value is -1.59. The topological polar surface area (TPSA) is 70.8 Å². The van der Waals surface area contributed by atoms with Crippen molar-refractivity contribution in [2.24, 2.45) is 0 Å². The Balaban J connectivity index is 2.65. The van der Waals surface area contributed by atoms with E-state index in [4.69, 9.17) is 19.9 Å². The average molecular weight is 281 g/mol. The Bertz CT molecular complexity index is 457. The molecule has 1 aromatic carbocycles. The molecule has 0 saturated carbocycles. The zero-order valence-corrected chi connectivity index (χ0v) is 12.6. The van der Waals surface area contributed by atoms with Crippen molar-refractivity contribution < 1.29 is 19.0 Å². The molecule has 1 rings (SSSR count). The molecule has 0 fully saturated rings. The van der Waals surface area contributed by atoms with Crippen molar-refractivity contribution >= 4 is 11.7 Å². The molecule has 0 heterocycles. The molecule has 0 amide bonds. The van der Waals surface area contributed by atoms with Crippen molar-refractivity contribution in [2.75, 3.05) is 26.6 Å². The molecular formula is C15H23NO4. The minimum Gasteiger partial charge on any atom is -0.465 e.